The molecule has 1 aromatic heterocycles. The summed E-state index contributed by atoms with van der Waals surface area (Å²) in [6, 6.07) is 3.11. The average Bonchev–Trinajstić information content (AvgIpc) is 2.93. The minimum Gasteiger partial charge on any atom is -0.352 e. The third-order valence-corrected chi connectivity index (χ3v) is 6.88. The zero-order valence-electron chi connectivity index (χ0n) is 12.0. The highest BCUT2D eigenvalue weighted by molar-refractivity contribution is 7.91. The number of carbonyl (C=O) groups is 1. The van der Waals surface area contributed by atoms with Crippen LogP contribution in [0.3, 0.4) is 0 Å². The molecule has 1 aliphatic rings. The van der Waals surface area contributed by atoms with Crippen molar-refractivity contribution in [3.8, 4) is 0 Å². The molecular weight excluding hydrogens is 346 g/mol. The van der Waals surface area contributed by atoms with Gasteiger partial charge in [-0.2, -0.15) is 4.31 Å². The molecule has 22 heavy (non-hydrogen) atoms. The van der Waals surface area contributed by atoms with Crippen molar-refractivity contribution in [2.45, 2.75) is 4.21 Å². The summed E-state index contributed by atoms with van der Waals surface area (Å²) < 4.78 is 27.0. The molecule has 6 nitrogen and oxygen atoms in total. The van der Waals surface area contributed by atoms with E-state index in [1.807, 2.05) is 4.90 Å². The third kappa shape index (κ3) is 4.30. The zero-order valence-corrected chi connectivity index (χ0v) is 14.4. The molecule has 1 amide bonds. The maximum atomic E-state index is 12.4. The van der Waals surface area contributed by atoms with Crippen LogP contribution < -0.4 is 5.32 Å². The van der Waals surface area contributed by atoms with Gasteiger partial charge in [0.05, 0.1) is 10.9 Å². The topological polar surface area (TPSA) is 69.7 Å². The van der Waals surface area contributed by atoms with E-state index in [-0.39, 0.29) is 16.7 Å². The van der Waals surface area contributed by atoms with Crippen molar-refractivity contribution in [3.05, 3.63) is 29.1 Å². The summed E-state index contributed by atoms with van der Waals surface area (Å²) in [5.41, 5.74) is 0. The first kappa shape index (κ1) is 17.4. The molecule has 0 aromatic carbocycles. The fraction of sp³-hybridized carbons (Fsp3) is 0.462. The first-order valence-corrected chi connectivity index (χ1v) is 9.42. The van der Waals surface area contributed by atoms with Crippen LogP contribution in [0.2, 0.25) is 4.34 Å². The second kappa shape index (κ2) is 7.56. The van der Waals surface area contributed by atoms with Crippen LogP contribution in [0.15, 0.2) is 29.0 Å². The lowest BCUT2D eigenvalue weighted by molar-refractivity contribution is -0.122. The average molecular weight is 364 g/mol. The molecule has 1 aromatic rings. The van der Waals surface area contributed by atoms with Crippen LogP contribution in [-0.2, 0) is 14.8 Å². The zero-order chi connectivity index (χ0) is 16.2. The van der Waals surface area contributed by atoms with E-state index in [2.05, 4.69) is 11.9 Å². The van der Waals surface area contributed by atoms with E-state index in [1.54, 1.807) is 12.1 Å². The smallest absolute Gasteiger partial charge is 0.252 e. The van der Waals surface area contributed by atoms with Gasteiger partial charge in [-0.25, -0.2) is 8.42 Å². The number of nitrogens with one attached hydrogen (secondary N) is 1. The van der Waals surface area contributed by atoms with Crippen molar-refractivity contribution >= 4 is 38.9 Å². The van der Waals surface area contributed by atoms with E-state index in [1.165, 1.54) is 10.4 Å². The highest BCUT2D eigenvalue weighted by Crippen LogP contribution is 2.28. The SMILES string of the molecule is C=CCNC(=O)CN1CCN(S(=O)(=O)c2ccc(Cl)s2)CC1. The van der Waals surface area contributed by atoms with Crippen LogP contribution in [0.4, 0.5) is 0 Å². The molecule has 1 fully saturated rings. The molecule has 0 atom stereocenters. The number of thiophene rings is 1. The molecule has 2 rings (SSSR count). The standard InChI is InChI=1S/C13H18ClN3O3S2/c1-2-5-15-12(18)10-16-6-8-17(9-7-16)22(19,20)13-4-3-11(14)21-13/h2-4H,1,5-10H2,(H,15,18). The maximum Gasteiger partial charge on any atom is 0.252 e. The second-order valence-electron chi connectivity index (χ2n) is 4.83. The van der Waals surface area contributed by atoms with Gasteiger partial charge in [-0.05, 0) is 12.1 Å². The van der Waals surface area contributed by atoms with Gasteiger partial charge in [-0.1, -0.05) is 17.7 Å². The normalized spacial score (nSPS) is 17.3. The monoisotopic (exact) mass is 363 g/mol. The molecule has 1 N–H and O–H groups in total. The summed E-state index contributed by atoms with van der Waals surface area (Å²) >= 11 is 6.86. The van der Waals surface area contributed by atoms with Gasteiger partial charge in [0.1, 0.15) is 4.21 Å². The highest BCUT2D eigenvalue weighted by atomic mass is 35.5. The van der Waals surface area contributed by atoms with Gasteiger partial charge in [0.2, 0.25) is 5.91 Å². The number of sulfonamides is 1. The quantitative estimate of drug-likeness (QED) is 0.766. The Morgan fingerprint density at radius 1 is 1.36 bits per heavy atom. The molecule has 0 spiro atoms. The fourth-order valence-corrected chi connectivity index (χ4v) is 5.20. The van der Waals surface area contributed by atoms with Crippen LogP contribution >= 0.6 is 22.9 Å². The number of rotatable bonds is 6. The Balaban J connectivity index is 1.89. The van der Waals surface area contributed by atoms with Crippen molar-refractivity contribution in [1.82, 2.24) is 14.5 Å². The Hall–Kier alpha value is -0.930. The molecular formula is C13H18ClN3O3S2. The van der Waals surface area contributed by atoms with Crippen molar-refractivity contribution in [1.29, 1.82) is 0 Å². The summed E-state index contributed by atoms with van der Waals surface area (Å²) in [5.74, 6) is -0.0822. The van der Waals surface area contributed by atoms with E-state index in [0.29, 0.717) is 37.1 Å². The largest absolute Gasteiger partial charge is 0.352 e. The predicted molar refractivity (Wildman–Crippen MR) is 87.7 cm³/mol. The summed E-state index contributed by atoms with van der Waals surface area (Å²) in [4.78, 5) is 13.6. The van der Waals surface area contributed by atoms with Crippen molar-refractivity contribution in [2.24, 2.45) is 0 Å². The number of halogens is 1. The van der Waals surface area contributed by atoms with Crippen molar-refractivity contribution in [3.63, 3.8) is 0 Å². The first-order chi connectivity index (χ1) is 10.4. The number of carbonyl (C=O) groups excluding carboxylic acids is 1. The summed E-state index contributed by atoms with van der Waals surface area (Å²) in [7, 11) is -3.48. The van der Waals surface area contributed by atoms with Gasteiger partial charge < -0.3 is 5.32 Å². The van der Waals surface area contributed by atoms with Crippen LogP contribution in [0.1, 0.15) is 0 Å². The number of amides is 1. The van der Waals surface area contributed by atoms with Gasteiger partial charge >= 0.3 is 0 Å². The Kier molecular flexibility index (Phi) is 5.99. The molecule has 1 aliphatic heterocycles. The minimum atomic E-state index is -3.48. The summed E-state index contributed by atoms with van der Waals surface area (Å²) in [6.45, 7) is 6.03. The molecule has 9 heteroatoms. The van der Waals surface area contributed by atoms with Crippen LogP contribution in [-0.4, -0.2) is 62.8 Å². The fourth-order valence-electron chi connectivity index (χ4n) is 2.14. The van der Waals surface area contributed by atoms with Crippen LogP contribution in [0.25, 0.3) is 0 Å². The van der Waals surface area contributed by atoms with E-state index in [4.69, 9.17) is 11.6 Å². The van der Waals surface area contributed by atoms with Gasteiger partial charge in [0.25, 0.3) is 10.0 Å². The lowest BCUT2D eigenvalue weighted by Crippen LogP contribution is -2.50. The molecule has 0 radical (unpaired) electrons. The van der Waals surface area contributed by atoms with E-state index in [9.17, 15) is 13.2 Å². The van der Waals surface area contributed by atoms with Crippen molar-refractivity contribution in [2.75, 3.05) is 39.3 Å². The molecule has 0 unspecified atom stereocenters. The van der Waals surface area contributed by atoms with Crippen molar-refractivity contribution < 1.29 is 13.2 Å². The second-order valence-corrected chi connectivity index (χ2v) is 8.71. The van der Waals surface area contributed by atoms with E-state index >= 15 is 0 Å². The minimum absolute atomic E-state index is 0.0822. The lowest BCUT2D eigenvalue weighted by Gasteiger charge is -2.33. The number of nitrogens with zero attached hydrogens (tertiary/aromatic N) is 2. The highest BCUT2D eigenvalue weighted by Gasteiger charge is 2.30. The van der Waals surface area contributed by atoms with Gasteiger partial charge in [0, 0.05) is 32.7 Å². The Morgan fingerprint density at radius 3 is 2.59 bits per heavy atom. The number of hydrogen-bond acceptors (Lipinski definition) is 5. The molecule has 0 bridgehead atoms. The Morgan fingerprint density at radius 2 is 2.05 bits per heavy atom. The first-order valence-electron chi connectivity index (χ1n) is 6.79. The van der Waals surface area contributed by atoms with Gasteiger partial charge in [-0.3, -0.25) is 9.69 Å². The Bertz CT molecular complexity index is 637. The van der Waals surface area contributed by atoms with Crippen LogP contribution in [0.5, 0.6) is 0 Å². The Labute approximate surface area is 139 Å². The van der Waals surface area contributed by atoms with E-state index in [0.717, 1.165) is 11.3 Å². The van der Waals surface area contributed by atoms with E-state index < -0.39 is 10.0 Å². The molecule has 2 heterocycles. The van der Waals surface area contributed by atoms with Gasteiger partial charge in [0.15, 0.2) is 0 Å². The number of hydrogen-bond donors (Lipinski definition) is 1. The molecule has 122 valence electrons. The molecule has 1 saturated heterocycles. The summed E-state index contributed by atoms with van der Waals surface area (Å²) in [6.07, 6.45) is 1.62. The predicted octanol–water partition coefficient (Wildman–Crippen LogP) is 1.01. The van der Waals surface area contributed by atoms with Gasteiger partial charge in [-0.15, -0.1) is 17.9 Å². The summed E-state index contributed by atoms with van der Waals surface area (Å²) in [5, 5.41) is 2.71. The maximum absolute atomic E-state index is 12.4. The van der Waals surface area contributed by atoms with Crippen LogP contribution in [0, 0.1) is 0 Å². The number of piperazine rings is 1. The third-order valence-electron chi connectivity index (χ3n) is 3.28. The lowest BCUT2D eigenvalue weighted by atomic mass is 10.3. The molecule has 0 saturated carbocycles. The molecule has 0 aliphatic carbocycles.